The lowest BCUT2D eigenvalue weighted by Gasteiger charge is -2.19. The zero-order valence-corrected chi connectivity index (χ0v) is 11.6. The molecule has 0 saturated carbocycles. The Morgan fingerprint density at radius 2 is 1.95 bits per heavy atom. The first-order valence-corrected chi connectivity index (χ1v) is 7.32. The van der Waals surface area contributed by atoms with Crippen molar-refractivity contribution < 1.29 is 21.6 Å². The SMILES string of the molecule is C#CCC(CC)Nc1ccccc1S(=O)(=O)C(F)(F)F. The molecular weight excluding hydrogens is 291 g/mol. The van der Waals surface area contributed by atoms with Gasteiger partial charge in [0, 0.05) is 12.5 Å². The monoisotopic (exact) mass is 305 g/mol. The molecule has 3 nitrogen and oxygen atoms in total. The third-order valence-corrected chi connectivity index (χ3v) is 4.24. The van der Waals surface area contributed by atoms with Gasteiger partial charge in [0.15, 0.2) is 0 Å². The number of anilines is 1. The van der Waals surface area contributed by atoms with Crippen molar-refractivity contribution in [3.63, 3.8) is 0 Å². The Balaban J connectivity index is 3.23. The van der Waals surface area contributed by atoms with E-state index in [1.54, 1.807) is 6.92 Å². The van der Waals surface area contributed by atoms with Crippen LogP contribution in [0.15, 0.2) is 29.2 Å². The molecule has 1 atom stereocenters. The van der Waals surface area contributed by atoms with E-state index in [4.69, 9.17) is 6.42 Å². The summed E-state index contributed by atoms with van der Waals surface area (Å²) in [5.74, 6) is 2.39. The second-order valence-corrected chi connectivity index (χ2v) is 6.01. The average Bonchev–Trinajstić information content (AvgIpc) is 2.37. The van der Waals surface area contributed by atoms with Crippen molar-refractivity contribution in [2.24, 2.45) is 0 Å². The van der Waals surface area contributed by atoms with Gasteiger partial charge >= 0.3 is 5.51 Å². The molecule has 1 N–H and O–H groups in total. The standard InChI is InChI=1S/C13H14F3NO2S/c1-3-7-10(4-2)17-11-8-5-6-9-12(11)20(18,19)13(14,15)16/h1,5-6,8-10,17H,4,7H2,2H3. The van der Waals surface area contributed by atoms with Gasteiger partial charge in [-0.25, -0.2) is 8.42 Å². The summed E-state index contributed by atoms with van der Waals surface area (Å²) in [4.78, 5) is -0.789. The third-order valence-electron chi connectivity index (χ3n) is 2.70. The Bertz CT molecular complexity index is 603. The second-order valence-electron chi connectivity index (χ2n) is 4.10. The zero-order valence-electron chi connectivity index (χ0n) is 10.7. The molecule has 0 aromatic heterocycles. The number of rotatable bonds is 5. The maximum atomic E-state index is 12.6. The molecule has 1 unspecified atom stereocenters. The fourth-order valence-electron chi connectivity index (χ4n) is 1.60. The summed E-state index contributed by atoms with van der Waals surface area (Å²) in [6.45, 7) is 1.80. The maximum absolute atomic E-state index is 12.6. The molecule has 0 heterocycles. The summed E-state index contributed by atoms with van der Waals surface area (Å²) in [5, 5.41) is 2.75. The number of hydrogen-bond donors (Lipinski definition) is 1. The topological polar surface area (TPSA) is 46.2 Å². The maximum Gasteiger partial charge on any atom is 0.501 e. The summed E-state index contributed by atoms with van der Waals surface area (Å²) >= 11 is 0. The summed E-state index contributed by atoms with van der Waals surface area (Å²) in [7, 11) is -5.39. The van der Waals surface area contributed by atoms with Gasteiger partial charge < -0.3 is 5.32 Å². The normalized spacial score (nSPS) is 13.6. The van der Waals surface area contributed by atoms with Crippen molar-refractivity contribution in [1.82, 2.24) is 0 Å². The van der Waals surface area contributed by atoms with Gasteiger partial charge in [-0.05, 0) is 18.6 Å². The summed E-state index contributed by atoms with van der Waals surface area (Å²) in [5.41, 5.74) is -5.43. The minimum atomic E-state index is -5.39. The minimum Gasteiger partial charge on any atom is -0.380 e. The Hall–Kier alpha value is -1.68. The van der Waals surface area contributed by atoms with E-state index < -0.39 is 20.2 Å². The molecule has 110 valence electrons. The van der Waals surface area contributed by atoms with Crippen LogP contribution >= 0.6 is 0 Å². The first-order chi connectivity index (χ1) is 9.24. The number of halogens is 3. The molecule has 0 radical (unpaired) electrons. The molecule has 0 aliphatic heterocycles. The van der Waals surface area contributed by atoms with E-state index in [1.807, 2.05) is 0 Å². The van der Waals surface area contributed by atoms with E-state index >= 15 is 0 Å². The lowest BCUT2D eigenvalue weighted by atomic mass is 10.1. The van der Waals surface area contributed by atoms with Crippen LogP contribution in [0, 0.1) is 12.3 Å². The molecular formula is C13H14F3NO2S. The summed E-state index contributed by atoms with van der Waals surface area (Å²) < 4.78 is 60.8. The van der Waals surface area contributed by atoms with Gasteiger partial charge in [0.1, 0.15) is 0 Å². The van der Waals surface area contributed by atoms with Crippen molar-refractivity contribution in [2.45, 2.75) is 36.2 Å². The van der Waals surface area contributed by atoms with E-state index in [2.05, 4.69) is 11.2 Å². The molecule has 0 fully saturated rings. The van der Waals surface area contributed by atoms with Crippen molar-refractivity contribution in [2.75, 3.05) is 5.32 Å². The van der Waals surface area contributed by atoms with Crippen LogP contribution in [0.4, 0.5) is 18.9 Å². The molecule has 0 amide bonds. The Morgan fingerprint density at radius 3 is 2.45 bits per heavy atom. The number of hydrogen-bond acceptors (Lipinski definition) is 3. The smallest absolute Gasteiger partial charge is 0.380 e. The van der Waals surface area contributed by atoms with Gasteiger partial charge in [-0.1, -0.05) is 19.1 Å². The highest BCUT2D eigenvalue weighted by atomic mass is 32.2. The predicted molar refractivity (Wildman–Crippen MR) is 70.8 cm³/mol. The molecule has 1 aromatic carbocycles. The Labute approximate surface area is 116 Å². The van der Waals surface area contributed by atoms with Gasteiger partial charge in [0.05, 0.1) is 10.6 Å². The lowest BCUT2D eigenvalue weighted by molar-refractivity contribution is -0.0435. The van der Waals surface area contributed by atoms with E-state index in [1.165, 1.54) is 18.2 Å². The molecule has 1 rings (SSSR count). The van der Waals surface area contributed by atoms with Crippen LogP contribution in [0.3, 0.4) is 0 Å². The lowest BCUT2D eigenvalue weighted by Crippen LogP contribution is -2.26. The van der Waals surface area contributed by atoms with Crippen molar-refractivity contribution in [3.8, 4) is 12.3 Å². The number of alkyl halides is 3. The van der Waals surface area contributed by atoms with Crippen molar-refractivity contribution in [1.29, 1.82) is 0 Å². The van der Waals surface area contributed by atoms with Crippen LogP contribution in [-0.4, -0.2) is 20.0 Å². The fourth-order valence-corrected chi connectivity index (χ4v) is 2.53. The quantitative estimate of drug-likeness (QED) is 0.850. The summed E-state index contributed by atoms with van der Waals surface area (Å²) in [6.07, 6.45) is 6.01. The molecule has 7 heteroatoms. The molecule has 1 aromatic rings. The van der Waals surface area contributed by atoms with Gasteiger partial charge in [0.25, 0.3) is 9.84 Å². The molecule has 0 aliphatic rings. The van der Waals surface area contributed by atoms with Gasteiger partial charge in [-0.3, -0.25) is 0 Å². The third kappa shape index (κ3) is 3.45. The Morgan fingerprint density at radius 1 is 1.35 bits per heavy atom. The van der Waals surface area contributed by atoms with E-state index in [0.717, 1.165) is 6.07 Å². The minimum absolute atomic E-state index is 0.0908. The number of nitrogens with one attached hydrogen (secondary N) is 1. The molecule has 0 aliphatic carbocycles. The highest BCUT2D eigenvalue weighted by molar-refractivity contribution is 7.92. The van der Waals surface area contributed by atoms with Crippen LogP contribution in [0.2, 0.25) is 0 Å². The first kappa shape index (κ1) is 16.4. The highest BCUT2D eigenvalue weighted by Gasteiger charge is 2.47. The van der Waals surface area contributed by atoms with Crippen LogP contribution in [-0.2, 0) is 9.84 Å². The fraction of sp³-hybridized carbons (Fsp3) is 0.385. The predicted octanol–water partition coefficient (Wildman–Crippen LogP) is 3.19. The highest BCUT2D eigenvalue weighted by Crippen LogP contribution is 2.34. The average molecular weight is 305 g/mol. The van der Waals surface area contributed by atoms with E-state index in [-0.39, 0.29) is 18.2 Å². The van der Waals surface area contributed by atoms with Crippen LogP contribution in [0.25, 0.3) is 0 Å². The number of benzene rings is 1. The van der Waals surface area contributed by atoms with Gasteiger partial charge in [0.2, 0.25) is 0 Å². The number of terminal acetylenes is 1. The van der Waals surface area contributed by atoms with Crippen LogP contribution in [0.5, 0.6) is 0 Å². The Kier molecular flexibility index (Phi) is 5.06. The van der Waals surface area contributed by atoms with Crippen molar-refractivity contribution in [3.05, 3.63) is 24.3 Å². The summed E-state index contributed by atoms with van der Waals surface area (Å²) in [6, 6.07) is 4.63. The molecule has 0 bridgehead atoms. The van der Waals surface area contributed by atoms with Crippen molar-refractivity contribution >= 4 is 15.5 Å². The first-order valence-electron chi connectivity index (χ1n) is 5.84. The largest absolute Gasteiger partial charge is 0.501 e. The van der Waals surface area contributed by atoms with Crippen LogP contribution < -0.4 is 5.32 Å². The molecule has 0 spiro atoms. The zero-order chi connectivity index (χ0) is 15.4. The number of para-hydroxylation sites is 1. The molecule has 0 saturated heterocycles. The second kappa shape index (κ2) is 6.18. The van der Waals surface area contributed by atoms with Gasteiger partial charge in [-0.15, -0.1) is 12.3 Å². The molecule has 20 heavy (non-hydrogen) atoms. The van der Waals surface area contributed by atoms with E-state index in [9.17, 15) is 21.6 Å². The van der Waals surface area contributed by atoms with Gasteiger partial charge in [-0.2, -0.15) is 13.2 Å². The van der Waals surface area contributed by atoms with E-state index in [0.29, 0.717) is 6.42 Å². The number of sulfone groups is 1. The van der Waals surface area contributed by atoms with Crippen LogP contribution in [0.1, 0.15) is 19.8 Å².